The average Bonchev–Trinajstić information content (AvgIpc) is 2.61. The van der Waals surface area contributed by atoms with Crippen LogP contribution >= 0.6 is 0 Å². The topological polar surface area (TPSA) is 18.8 Å². The van der Waals surface area contributed by atoms with E-state index in [9.17, 15) is 0 Å². The number of piperazine rings is 1. The number of anilines is 1. The van der Waals surface area contributed by atoms with Gasteiger partial charge in [0.1, 0.15) is 0 Å². The van der Waals surface area contributed by atoms with Gasteiger partial charge in [-0.1, -0.05) is 49.4 Å². The van der Waals surface area contributed by atoms with Crippen LogP contribution in [0.1, 0.15) is 18.1 Å². The number of aryl methyl sites for hydroxylation is 1. The lowest BCUT2D eigenvalue weighted by Crippen LogP contribution is -2.44. The predicted octanol–water partition coefficient (Wildman–Crippen LogP) is 3.41. The normalized spacial score (nSPS) is 15.5. The van der Waals surface area contributed by atoms with Crippen molar-refractivity contribution in [2.24, 2.45) is 5.10 Å². The first kappa shape index (κ1) is 14.6. The molecule has 3 rings (SSSR count). The summed E-state index contributed by atoms with van der Waals surface area (Å²) in [6.45, 7) is 6.17. The number of para-hydroxylation sites is 1. The van der Waals surface area contributed by atoms with E-state index in [1.165, 1.54) is 16.8 Å². The third kappa shape index (κ3) is 3.67. The summed E-state index contributed by atoms with van der Waals surface area (Å²) in [6, 6.07) is 19.2. The van der Waals surface area contributed by atoms with Gasteiger partial charge >= 0.3 is 0 Å². The molecule has 2 aromatic rings. The lowest BCUT2D eigenvalue weighted by Gasteiger charge is -2.34. The summed E-state index contributed by atoms with van der Waals surface area (Å²) in [5.41, 5.74) is 3.84. The maximum Gasteiger partial charge on any atom is 0.0542 e. The fourth-order valence-electron chi connectivity index (χ4n) is 2.70. The van der Waals surface area contributed by atoms with Gasteiger partial charge < -0.3 is 4.90 Å². The smallest absolute Gasteiger partial charge is 0.0542 e. The van der Waals surface area contributed by atoms with Crippen LogP contribution in [0.5, 0.6) is 0 Å². The number of benzene rings is 2. The Hall–Kier alpha value is -2.29. The molecule has 22 heavy (non-hydrogen) atoms. The van der Waals surface area contributed by atoms with E-state index in [-0.39, 0.29) is 0 Å². The largest absolute Gasteiger partial charge is 0.368 e. The van der Waals surface area contributed by atoms with Crippen molar-refractivity contribution in [2.45, 2.75) is 13.3 Å². The number of nitrogens with zero attached hydrogens (tertiary/aromatic N) is 3. The number of hydrazone groups is 1. The third-order valence-corrected chi connectivity index (χ3v) is 4.14. The molecule has 2 aromatic carbocycles. The minimum absolute atomic E-state index is 0.971. The van der Waals surface area contributed by atoms with E-state index in [0.29, 0.717) is 0 Å². The summed E-state index contributed by atoms with van der Waals surface area (Å²) in [7, 11) is 0. The van der Waals surface area contributed by atoms with Crippen LogP contribution in [0, 0.1) is 0 Å². The van der Waals surface area contributed by atoms with Crippen molar-refractivity contribution in [3.63, 3.8) is 0 Å². The Kier molecular flexibility index (Phi) is 4.74. The Morgan fingerprint density at radius 1 is 0.909 bits per heavy atom. The molecule has 0 saturated carbocycles. The Balaban J connectivity index is 1.54. The Morgan fingerprint density at radius 3 is 2.23 bits per heavy atom. The molecule has 1 heterocycles. The first-order valence-electron chi connectivity index (χ1n) is 8.03. The second-order valence-electron chi connectivity index (χ2n) is 5.62. The zero-order chi connectivity index (χ0) is 15.2. The zero-order valence-corrected chi connectivity index (χ0v) is 13.2. The van der Waals surface area contributed by atoms with Crippen molar-refractivity contribution in [1.82, 2.24) is 5.01 Å². The molecule has 114 valence electrons. The van der Waals surface area contributed by atoms with Crippen molar-refractivity contribution in [3.05, 3.63) is 65.7 Å². The lowest BCUT2D eigenvalue weighted by molar-refractivity contribution is 0.272. The summed E-state index contributed by atoms with van der Waals surface area (Å²) in [5.74, 6) is 0. The fraction of sp³-hybridized carbons (Fsp3) is 0.316. The van der Waals surface area contributed by atoms with E-state index in [2.05, 4.69) is 76.5 Å². The van der Waals surface area contributed by atoms with Crippen LogP contribution in [-0.4, -0.2) is 37.4 Å². The van der Waals surface area contributed by atoms with Gasteiger partial charge in [0.15, 0.2) is 0 Å². The van der Waals surface area contributed by atoms with Crippen LogP contribution in [0.2, 0.25) is 0 Å². The van der Waals surface area contributed by atoms with Crippen LogP contribution in [0.4, 0.5) is 5.69 Å². The molecule has 0 spiro atoms. The molecule has 1 saturated heterocycles. The van der Waals surface area contributed by atoms with Crippen molar-refractivity contribution >= 4 is 11.9 Å². The van der Waals surface area contributed by atoms with E-state index >= 15 is 0 Å². The number of hydrogen-bond donors (Lipinski definition) is 0. The molecular formula is C19H23N3. The van der Waals surface area contributed by atoms with E-state index in [4.69, 9.17) is 0 Å². The second kappa shape index (κ2) is 7.12. The Bertz CT molecular complexity index is 596. The van der Waals surface area contributed by atoms with Gasteiger partial charge in [-0.05, 0) is 29.7 Å². The van der Waals surface area contributed by atoms with Crippen molar-refractivity contribution in [1.29, 1.82) is 0 Å². The molecule has 0 aromatic heterocycles. The lowest BCUT2D eigenvalue weighted by atomic mass is 10.1. The van der Waals surface area contributed by atoms with Gasteiger partial charge in [-0.3, -0.25) is 5.01 Å². The maximum absolute atomic E-state index is 4.62. The van der Waals surface area contributed by atoms with Gasteiger partial charge in [-0.25, -0.2) is 0 Å². The van der Waals surface area contributed by atoms with Gasteiger partial charge in [0.2, 0.25) is 0 Å². The summed E-state index contributed by atoms with van der Waals surface area (Å²) >= 11 is 0. The van der Waals surface area contributed by atoms with E-state index in [1.807, 2.05) is 6.21 Å². The standard InChI is InChI=1S/C19H23N3/c1-2-17-8-10-18(11-9-17)16-20-22-14-12-21(13-15-22)19-6-4-3-5-7-19/h3-11,16H,2,12-15H2,1H3. The highest BCUT2D eigenvalue weighted by Crippen LogP contribution is 2.15. The molecule has 0 bridgehead atoms. The molecule has 1 aliphatic heterocycles. The third-order valence-electron chi connectivity index (χ3n) is 4.14. The molecule has 0 aliphatic carbocycles. The highest BCUT2D eigenvalue weighted by Gasteiger charge is 2.15. The first-order valence-corrected chi connectivity index (χ1v) is 8.03. The molecular weight excluding hydrogens is 270 g/mol. The van der Waals surface area contributed by atoms with E-state index in [0.717, 1.165) is 32.6 Å². The molecule has 1 aliphatic rings. The average molecular weight is 293 g/mol. The zero-order valence-electron chi connectivity index (χ0n) is 13.2. The molecule has 3 nitrogen and oxygen atoms in total. The van der Waals surface area contributed by atoms with Crippen molar-refractivity contribution < 1.29 is 0 Å². The summed E-state index contributed by atoms with van der Waals surface area (Å²) in [4.78, 5) is 2.42. The fourth-order valence-corrected chi connectivity index (χ4v) is 2.70. The number of hydrogen-bond acceptors (Lipinski definition) is 3. The van der Waals surface area contributed by atoms with Crippen LogP contribution < -0.4 is 4.90 Å². The van der Waals surface area contributed by atoms with Crippen LogP contribution in [-0.2, 0) is 6.42 Å². The van der Waals surface area contributed by atoms with Crippen LogP contribution in [0.25, 0.3) is 0 Å². The molecule has 0 radical (unpaired) electrons. The highest BCUT2D eigenvalue weighted by atomic mass is 15.5. The van der Waals surface area contributed by atoms with Crippen LogP contribution in [0.15, 0.2) is 59.7 Å². The molecule has 1 fully saturated rings. The maximum atomic E-state index is 4.62. The van der Waals surface area contributed by atoms with Gasteiger partial charge in [-0.15, -0.1) is 0 Å². The van der Waals surface area contributed by atoms with Gasteiger partial charge in [0.25, 0.3) is 0 Å². The first-order chi connectivity index (χ1) is 10.8. The summed E-state index contributed by atoms with van der Waals surface area (Å²) < 4.78 is 0. The van der Waals surface area contributed by atoms with E-state index < -0.39 is 0 Å². The Morgan fingerprint density at radius 2 is 1.59 bits per heavy atom. The van der Waals surface area contributed by atoms with Crippen LogP contribution in [0.3, 0.4) is 0 Å². The molecule has 0 unspecified atom stereocenters. The summed E-state index contributed by atoms with van der Waals surface area (Å²) in [5, 5.41) is 6.78. The summed E-state index contributed by atoms with van der Waals surface area (Å²) in [6.07, 6.45) is 3.05. The minimum atomic E-state index is 0.971. The molecule has 0 N–H and O–H groups in total. The molecule has 3 heteroatoms. The quantitative estimate of drug-likeness (QED) is 0.805. The monoisotopic (exact) mass is 293 g/mol. The van der Waals surface area contributed by atoms with Crippen molar-refractivity contribution in [2.75, 3.05) is 31.1 Å². The van der Waals surface area contributed by atoms with Gasteiger partial charge in [0.05, 0.1) is 19.3 Å². The van der Waals surface area contributed by atoms with Crippen molar-refractivity contribution in [3.8, 4) is 0 Å². The van der Waals surface area contributed by atoms with E-state index in [1.54, 1.807) is 0 Å². The Labute approximate surface area is 132 Å². The predicted molar refractivity (Wildman–Crippen MR) is 93.6 cm³/mol. The number of rotatable bonds is 4. The molecule has 0 amide bonds. The molecule has 0 atom stereocenters. The second-order valence-corrected chi connectivity index (χ2v) is 5.62. The minimum Gasteiger partial charge on any atom is -0.368 e. The van der Waals surface area contributed by atoms with Gasteiger partial charge in [-0.2, -0.15) is 5.10 Å². The van der Waals surface area contributed by atoms with Gasteiger partial charge in [0, 0.05) is 18.8 Å². The SMILES string of the molecule is CCc1ccc(C=NN2CCN(c3ccccc3)CC2)cc1. The highest BCUT2D eigenvalue weighted by molar-refractivity contribution is 5.79.